The molecule has 0 aliphatic rings. The zero-order valence-electron chi connectivity index (χ0n) is 17.8. The van der Waals surface area contributed by atoms with Crippen molar-refractivity contribution in [1.29, 1.82) is 0 Å². The van der Waals surface area contributed by atoms with Crippen LogP contribution in [0.25, 0.3) is 21.8 Å². The first-order valence-electron chi connectivity index (χ1n) is 10.2. The second-order valence-corrected chi connectivity index (χ2v) is 8.63. The molecule has 1 atom stereocenters. The van der Waals surface area contributed by atoms with E-state index in [1.807, 2.05) is 37.3 Å². The summed E-state index contributed by atoms with van der Waals surface area (Å²) in [5.74, 6) is 1.29. The Labute approximate surface area is 191 Å². The summed E-state index contributed by atoms with van der Waals surface area (Å²) in [4.78, 5) is 28.3. The van der Waals surface area contributed by atoms with E-state index >= 15 is 0 Å². The molecule has 0 spiro atoms. The fraction of sp³-hybridized carbons (Fsp3) is 0.125. The molecule has 0 N–H and O–H groups in total. The third kappa shape index (κ3) is 3.83. The number of benzene rings is 3. The summed E-state index contributed by atoms with van der Waals surface area (Å²) in [6, 6.07) is 18.1. The molecule has 0 aliphatic heterocycles. The maximum Gasteiger partial charge on any atom is 0.291 e. The van der Waals surface area contributed by atoms with Crippen LogP contribution in [0.3, 0.4) is 0 Å². The summed E-state index contributed by atoms with van der Waals surface area (Å²) in [5.41, 5.74) is 1.49. The Hall–Kier alpha value is -4.11. The van der Waals surface area contributed by atoms with Gasteiger partial charge in [-0.15, -0.1) is 5.10 Å². The Morgan fingerprint density at radius 3 is 2.52 bits per heavy atom. The SMILES string of the molecule is COc1ccc2cc([C@H](C)c3nc4s/c(=C\c5ccc([N+](=O)[O-])cc5)c(=O)n4n3)ccc2c1. The second kappa shape index (κ2) is 8.10. The van der Waals surface area contributed by atoms with E-state index in [1.165, 1.54) is 28.0 Å². The largest absolute Gasteiger partial charge is 0.497 e. The number of methoxy groups -OCH3 is 1. The predicted octanol–water partition coefficient (Wildman–Crippen LogP) is 3.92. The number of fused-ring (bicyclic) bond motifs is 2. The molecule has 5 aromatic rings. The van der Waals surface area contributed by atoms with E-state index in [0.29, 0.717) is 20.9 Å². The van der Waals surface area contributed by atoms with E-state index in [9.17, 15) is 14.9 Å². The van der Waals surface area contributed by atoms with Gasteiger partial charge in [-0.1, -0.05) is 42.5 Å². The van der Waals surface area contributed by atoms with Gasteiger partial charge in [0.2, 0.25) is 4.96 Å². The van der Waals surface area contributed by atoms with Crippen molar-refractivity contribution < 1.29 is 9.66 Å². The van der Waals surface area contributed by atoms with E-state index in [-0.39, 0.29) is 17.2 Å². The van der Waals surface area contributed by atoms with E-state index in [0.717, 1.165) is 22.1 Å². The molecular formula is C24H18N4O4S. The summed E-state index contributed by atoms with van der Waals surface area (Å²) in [6.07, 6.45) is 1.69. The van der Waals surface area contributed by atoms with Crippen LogP contribution in [0.4, 0.5) is 5.69 Å². The van der Waals surface area contributed by atoms with Gasteiger partial charge in [0, 0.05) is 18.1 Å². The Morgan fingerprint density at radius 2 is 1.82 bits per heavy atom. The standard InChI is InChI=1S/C24H18N4O4S/c1-14(16-5-6-18-13-20(32-2)10-7-17(18)12-16)22-25-24-27(26-22)23(29)21(33-24)11-15-3-8-19(9-4-15)28(30)31/h3-14H,1-2H3/b21-11-/t14-/m0/s1. The molecule has 0 saturated heterocycles. The smallest absolute Gasteiger partial charge is 0.291 e. The maximum atomic E-state index is 12.8. The number of nitro benzene ring substituents is 1. The van der Waals surface area contributed by atoms with Crippen molar-refractivity contribution in [2.45, 2.75) is 12.8 Å². The molecule has 0 aliphatic carbocycles. The highest BCUT2D eigenvalue weighted by Crippen LogP contribution is 2.27. The third-order valence-electron chi connectivity index (χ3n) is 5.56. The molecule has 33 heavy (non-hydrogen) atoms. The normalized spacial score (nSPS) is 13.0. The van der Waals surface area contributed by atoms with Crippen LogP contribution < -0.4 is 14.8 Å². The molecule has 0 fully saturated rings. The van der Waals surface area contributed by atoms with Crippen LogP contribution >= 0.6 is 11.3 Å². The number of nitrogens with zero attached hydrogens (tertiary/aromatic N) is 4. The topological polar surface area (TPSA) is 99.6 Å². The van der Waals surface area contributed by atoms with Gasteiger partial charge in [0.05, 0.1) is 16.6 Å². The minimum Gasteiger partial charge on any atom is -0.497 e. The van der Waals surface area contributed by atoms with Crippen molar-refractivity contribution in [3.05, 3.63) is 103 Å². The first-order valence-corrected chi connectivity index (χ1v) is 11.0. The summed E-state index contributed by atoms with van der Waals surface area (Å²) in [5, 5.41) is 17.4. The lowest BCUT2D eigenvalue weighted by Gasteiger charge is -2.10. The lowest BCUT2D eigenvalue weighted by Crippen LogP contribution is -2.24. The van der Waals surface area contributed by atoms with Gasteiger partial charge < -0.3 is 4.74 Å². The van der Waals surface area contributed by atoms with Crippen molar-refractivity contribution in [3.8, 4) is 5.75 Å². The maximum absolute atomic E-state index is 12.8. The molecule has 0 bridgehead atoms. The molecule has 2 aromatic heterocycles. The van der Waals surface area contributed by atoms with Crippen molar-refractivity contribution in [1.82, 2.24) is 14.6 Å². The van der Waals surface area contributed by atoms with Crippen LogP contribution in [0.1, 0.15) is 29.8 Å². The minimum atomic E-state index is -0.457. The first-order chi connectivity index (χ1) is 15.9. The highest BCUT2D eigenvalue weighted by atomic mass is 32.1. The molecule has 9 heteroatoms. The second-order valence-electron chi connectivity index (χ2n) is 7.62. The lowest BCUT2D eigenvalue weighted by atomic mass is 9.97. The molecule has 164 valence electrons. The number of thiazole rings is 1. The van der Waals surface area contributed by atoms with Gasteiger partial charge in [0.15, 0.2) is 5.82 Å². The molecular weight excluding hydrogens is 440 g/mol. The monoisotopic (exact) mass is 458 g/mol. The lowest BCUT2D eigenvalue weighted by molar-refractivity contribution is -0.384. The van der Waals surface area contributed by atoms with Crippen LogP contribution in [-0.2, 0) is 0 Å². The van der Waals surface area contributed by atoms with E-state index < -0.39 is 4.92 Å². The predicted molar refractivity (Wildman–Crippen MR) is 127 cm³/mol. The van der Waals surface area contributed by atoms with Crippen molar-refractivity contribution in [3.63, 3.8) is 0 Å². The zero-order chi connectivity index (χ0) is 23.1. The van der Waals surface area contributed by atoms with Crippen molar-refractivity contribution >= 4 is 38.8 Å². The summed E-state index contributed by atoms with van der Waals surface area (Å²) in [6.45, 7) is 2.01. The molecule has 0 amide bonds. The summed E-state index contributed by atoms with van der Waals surface area (Å²) >= 11 is 1.24. The van der Waals surface area contributed by atoms with Gasteiger partial charge in [-0.2, -0.15) is 4.52 Å². The molecule has 3 aromatic carbocycles. The number of aromatic nitrogens is 3. The number of hydrogen-bond donors (Lipinski definition) is 0. The fourth-order valence-electron chi connectivity index (χ4n) is 3.66. The average molecular weight is 458 g/mol. The zero-order valence-corrected chi connectivity index (χ0v) is 18.6. The number of nitro groups is 1. The van der Waals surface area contributed by atoms with E-state index in [1.54, 1.807) is 25.3 Å². The fourth-order valence-corrected chi connectivity index (χ4v) is 4.58. The Bertz CT molecular complexity index is 1620. The van der Waals surface area contributed by atoms with Crippen LogP contribution in [-0.4, -0.2) is 26.6 Å². The van der Waals surface area contributed by atoms with Gasteiger partial charge in [0.25, 0.3) is 11.2 Å². The van der Waals surface area contributed by atoms with E-state index in [4.69, 9.17) is 4.74 Å². The average Bonchev–Trinajstić information content (AvgIpc) is 3.37. The molecule has 5 rings (SSSR count). The number of rotatable bonds is 5. The molecule has 0 unspecified atom stereocenters. The van der Waals surface area contributed by atoms with Crippen LogP contribution in [0.15, 0.2) is 65.5 Å². The first kappa shape index (κ1) is 20.8. The number of non-ortho nitro benzene ring substituents is 1. The van der Waals surface area contributed by atoms with Crippen LogP contribution in [0, 0.1) is 10.1 Å². The Balaban J connectivity index is 1.47. The Kier molecular flexibility index (Phi) is 5.10. The summed E-state index contributed by atoms with van der Waals surface area (Å²) < 4.78 is 7.08. The third-order valence-corrected chi connectivity index (χ3v) is 6.52. The van der Waals surface area contributed by atoms with Crippen LogP contribution in [0.5, 0.6) is 5.75 Å². The quantitative estimate of drug-likeness (QED) is 0.292. The van der Waals surface area contributed by atoms with Crippen molar-refractivity contribution in [2.24, 2.45) is 0 Å². The van der Waals surface area contributed by atoms with Gasteiger partial charge in [-0.3, -0.25) is 14.9 Å². The number of hydrogen-bond acceptors (Lipinski definition) is 7. The molecule has 0 radical (unpaired) electrons. The van der Waals surface area contributed by atoms with Gasteiger partial charge in [-0.25, -0.2) is 4.98 Å². The molecule has 2 heterocycles. The van der Waals surface area contributed by atoms with Crippen molar-refractivity contribution in [2.75, 3.05) is 7.11 Å². The van der Waals surface area contributed by atoms with Gasteiger partial charge in [0.1, 0.15) is 5.75 Å². The van der Waals surface area contributed by atoms with E-state index in [2.05, 4.69) is 16.1 Å². The van der Waals surface area contributed by atoms with Gasteiger partial charge >= 0.3 is 0 Å². The minimum absolute atomic E-state index is 0.00334. The van der Waals surface area contributed by atoms with Gasteiger partial charge in [-0.05, 0) is 52.2 Å². The Morgan fingerprint density at radius 1 is 1.09 bits per heavy atom. The highest BCUT2D eigenvalue weighted by Gasteiger charge is 2.18. The highest BCUT2D eigenvalue weighted by molar-refractivity contribution is 7.15. The number of ether oxygens (including phenoxy) is 1. The molecule has 8 nitrogen and oxygen atoms in total. The summed E-state index contributed by atoms with van der Waals surface area (Å²) in [7, 11) is 1.65. The van der Waals surface area contributed by atoms with Crippen LogP contribution in [0.2, 0.25) is 0 Å². The molecule has 0 saturated carbocycles.